The summed E-state index contributed by atoms with van der Waals surface area (Å²) in [7, 11) is 1.56. The fraction of sp³-hybridized carbons (Fsp3) is 0.300. The Bertz CT molecular complexity index is 970. The van der Waals surface area contributed by atoms with Crippen molar-refractivity contribution < 1.29 is 9.53 Å². The minimum atomic E-state index is -0.253. The lowest BCUT2D eigenvalue weighted by Gasteiger charge is -2.08. The molecule has 1 aromatic heterocycles. The minimum Gasteiger partial charge on any atom is -0.383 e. The van der Waals surface area contributed by atoms with Crippen molar-refractivity contribution in [1.82, 2.24) is 15.0 Å². The number of fused-ring (bicyclic) bond motifs is 1. The van der Waals surface area contributed by atoms with Crippen molar-refractivity contribution in [3.05, 3.63) is 64.4 Å². The summed E-state index contributed by atoms with van der Waals surface area (Å²) in [6.07, 6.45) is 2.03. The van der Waals surface area contributed by atoms with Gasteiger partial charge in [-0.05, 0) is 36.6 Å². The Morgan fingerprint density at radius 3 is 2.78 bits per heavy atom. The van der Waals surface area contributed by atoms with Gasteiger partial charge in [0.1, 0.15) is 5.52 Å². The lowest BCUT2D eigenvalue weighted by atomic mass is 10.1. The average Bonchev–Trinajstić information content (AvgIpc) is 2.69. The number of aromatic nitrogens is 3. The van der Waals surface area contributed by atoms with Gasteiger partial charge in [-0.15, -0.1) is 5.10 Å². The van der Waals surface area contributed by atoms with E-state index in [9.17, 15) is 9.59 Å². The molecule has 3 aromatic rings. The highest BCUT2D eigenvalue weighted by Crippen LogP contribution is 2.15. The Morgan fingerprint density at radius 2 is 2.00 bits per heavy atom. The molecule has 0 aliphatic heterocycles. The van der Waals surface area contributed by atoms with E-state index in [-0.39, 0.29) is 11.5 Å². The molecule has 27 heavy (non-hydrogen) atoms. The van der Waals surface area contributed by atoms with Gasteiger partial charge in [-0.2, -0.15) is 0 Å². The molecule has 0 saturated carbocycles. The van der Waals surface area contributed by atoms with E-state index in [1.54, 1.807) is 25.3 Å². The molecule has 3 rings (SSSR count). The largest absolute Gasteiger partial charge is 0.383 e. The van der Waals surface area contributed by atoms with Crippen LogP contribution in [-0.2, 0) is 22.5 Å². The summed E-state index contributed by atoms with van der Waals surface area (Å²) in [5.74, 6) is -0.0768. The highest BCUT2D eigenvalue weighted by Gasteiger charge is 2.08. The first-order valence-electron chi connectivity index (χ1n) is 8.87. The number of nitrogens with one attached hydrogen (secondary N) is 1. The standard InChI is InChI=1S/C20H22N4O3/c1-27-13-12-24-20(26)17-14-16(10-11-18(17)22-23-24)21-19(25)9-5-8-15-6-3-2-4-7-15/h2-4,6-7,10-11,14H,5,8-9,12-13H2,1H3,(H,21,25). The third-order valence-electron chi connectivity index (χ3n) is 4.22. The Hall–Kier alpha value is -3.06. The lowest BCUT2D eigenvalue weighted by Crippen LogP contribution is -2.26. The van der Waals surface area contributed by atoms with Crippen LogP contribution in [0.15, 0.2) is 53.3 Å². The van der Waals surface area contributed by atoms with Crippen molar-refractivity contribution in [3.8, 4) is 0 Å². The minimum absolute atomic E-state index is 0.0768. The van der Waals surface area contributed by atoms with Crippen molar-refractivity contribution >= 4 is 22.5 Å². The van der Waals surface area contributed by atoms with Crippen LogP contribution in [-0.4, -0.2) is 34.6 Å². The van der Waals surface area contributed by atoms with E-state index >= 15 is 0 Å². The van der Waals surface area contributed by atoms with E-state index in [0.717, 1.165) is 12.8 Å². The topological polar surface area (TPSA) is 86.1 Å². The van der Waals surface area contributed by atoms with Gasteiger partial charge in [0.2, 0.25) is 5.91 Å². The number of anilines is 1. The van der Waals surface area contributed by atoms with Crippen molar-refractivity contribution in [2.75, 3.05) is 19.0 Å². The van der Waals surface area contributed by atoms with Crippen molar-refractivity contribution in [3.63, 3.8) is 0 Å². The molecular weight excluding hydrogens is 344 g/mol. The summed E-state index contributed by atoms with van der Waals surface area (Å²) < 4.78 is 6.24. The maximum Gasteiger partial charge on any atom is 0.277 e. The van der Waals surface area contributed by atoms with Crippen LogP contribution in [0.3, 0.4) is 0 Å². The van der Waals surface area contributed by atoms with Gasteiger partial charge >= 0.3 is 0 Å². The van der Waals surface area contributed by atoms with Crippen LogP contribution in [0.2, 0.25) is 0 Å². The number of benzene rings is 2. The van der Waals surface area contributed by atoms with Gasteiger partial charge in [0, 0.05) is 19.2 Å². The zero-order valence-electron chi connectivity index (χ0n) is 15.2. The second-order valence-electron chi connectivity index (χ2n) is 6.23. The van der Waals surface area contributed by atoms with E-state index in [0.29, 0.717) is 36.2 Å². The van der Waals surface area contributed by atoms with Crippen LogP contribution in [0.25, 0.3) is 10.9 Å². The molecule has 0 atom stereocenters. The van der Waals surface area contributed by atoms with Crippen LogP contribution in [0.1, 0.15) is 18.4 Å². The number of aryl methyl sites for hydroxylation is 1. The van der Waals surface area contributed by atoms with Gasteiger partial charge in [-0.25, -0.2) is 4.68 Å². The molecule has 2 aromatic carbocycles. The van der Waals surface area contributed by atoms with E-state index in [1.807, 2.05) is 18.2 Å². The number of hydrogen-bond donors (Lipinski definition) is 1. The zero-order chi connectivity index (χ0) is 19.1. The molecule has 0 spiro atoms. The molecule has 7 nitrogen and oxygen atoms in total. The molecule has 0 fully saturated rings. The van der Waals surface area contributed by atoms with Crippen LogP contribution in [0.5, 0.6) is 0 Å². The molecule has 0 saturated heterocycles. The third kappa shape index (κ3) is 4.98. The maximum atomic E-state index is 12.5. The zero-order valence-corrected chi connectivity index (χ0v) is 15.2. The molecular formula is C20H22N4O3. The molecule has 0 bridgehead atoms. The number of rotatable bonds is 8. The predicted molar refractivity (Wildman–Crippen MR) is 104 cm³/mol. The van der Waals surface area contributed by atoms with E-state index in [2.05, 4.69) is 27.8 Å². The number of nitrogens with zero attached hydrogens (tertiary/aromatic N) is 3. The molecule has 0 radical (unpaired) electrons. The SMILES string of the molecule is COCCn1nnc2ccc(NC(=O)CCCc3ccccc3)cc2c1=O. The highest BCUT2D eigenvalue weighted by molar-refractivity contribution is 5.93. The summed E-state index contributed by atoms with van der Waals surface area (Å²) in [5, 5.41) is 11.2. The van der Waals surface area contributed by atoms with Gasteiger partial charge in [-0.1, -0.05) is 35.5 Å². The second kappa shape index (κ2) is 9.05. The number of ether oxygens (including phenoxy) is 1. The van der Waals surface area contributed by atoms with Crippen LogP contribution < -0.4 is 10.9 Å². The quantitative estimate of drug-likeness (QED) is 0.662. The molecule has 1 N–H and O–H groups in total. The first-order chi connectivity index (χ1) is 13.2. The van der Waals surface area contributed by atoms with Crippen molar-refractivity contribution in [1.29, 1.82) is 0 Å². The van der Waals surface area contributed by atoms with Gasteiger partial charge in [0.15, 0.2) is 0 Å². The summed E-state index contributed by atoms with van der Waals surface area (Å²) >= 11 is 0. The summed E-state index contributed by atoms with van der Waals surface area (Å²) in [4.78, 5) is 24.7. The fourth-order valence-corrected chi connectivity index (χ4v) is 2.80. The number of amides is 1. The van der Waals surface area contributed by atoms with Crippen molar-refractivity contribution in [2.24, 2.45) is 0 Å². The van der Waals surface area contributed by atoms with E-state index in [1.165, 1.54) is 10.2 Å². The van der Waals surface area contributed by atoms with Crippen molar-refractivity contribution in [2.45, 2.75) is 25.8 Å². The Labute approximate surface area is 157 Å². The van der Waals surface area contributed by atoms with Crippen LogP contribution in [0.4, 0.5) is 5.69 Å². The number of carbonyl (C=O) groups excluding carboxylic acids is 1. The van der Waals surface area contributed by atoms with Gasteiger partial charge in [0.25, 0.3) is 5.56 Å². The first kappa shape index (κ1) is 18.7. The molecule has 7 heteroatoms. The monoisotopic (exact) mass is 366 g/mol. The summed E-state index contributed by atoms with van der Waals surface area (Å²) in [6.45, 7) is 0.701. The smallest absolute Gasteiger partial charge is 0.277 e. The number of methoxy groups -OCH3 is 1. The van der Waals surface area contributed by atoms with Gasteiger partial charge in [0.05, 0.1) is 18.5 Å². The second-order valence-corrected chi connectivity index (χ2v) is 6.23. The van der Waals surface area contributed by atoms with Gasteiger partial charge in [-0.3, -0.25) is 9.59 Å². The molecule has 0 aliphatic carbocycles. The van der Waals surface area contributed by atoms with Gasteiger partial charge < -0.3 is 10.1 Å². The molecule has 1 amide bonds. The van der Waals surface area contributed by atoms with Crippen LogP contribution >= 0.6 is 0 Å². The van der Waals surface area contributed by atoms with Crippen LogP contribution in [0, 0.1) is 0 Å². The number of carbonyl (C=O) groups is 1. The average molecular weight is 366 g/mol. The predicted octanol–water partition coefficient (Wildman–Crippen LogP) is 2.40. The Morgan fingerprint density at radius 1 is 1.19 bits per heavy atom. The lowest BCUT2D eigenvalue weighted by molar-refractivity contribution is -0.116. The normalized spacial score (nSPS) is 10.9. The molecule has 1 heterocycles. The molecule has 0 unspecified atom stereocenters. The maximum absolute atomic E-state index is 12.5. The summed E-state index contributed by atoms with van der Waals surface area (Å²) in [5.41, 5.74) is 2.04. The molecule has 140 valence electrons. The van der Waals surface area contributed by atoms with E-state index < -0.39 is 0 Å². The summed E-state index contributed by atoms with van der Waals surface area (Å²) in [6, 6.07) is 15.1. The van der Waals surface area contributed by atoms with E-state index in [4.69, 9.17) is 4.74 Å². The number of hydrogen-bond acceptors (Lipinski definition) is 5. The fourth-order valence-electron chi connectivity index (χ4n) is 2.80. The Balaban J connectivity index is 1.64. The Kier molecular flexibility index (Phi) is 6.27. The third-order valence-corrected chi connectivity index (χ3v) is 4.22. The highest BCUT2D eigenvalue weighted by atomic mass is 16.5. The molecule has 0 aliphatic rings. The first-order valence-corrected chi connectivity index (χ1v) is 8.87.